The van der Waals surface area contributed by atoms with Gasteiger partial charge < -0.3 is 14.2 Å². The number of piperazine rings is 1. The Morgan fingerprint density at radius 1 is 1.09 bits per heavy atom. The van der Waals surface area contributed by atoms with Gasteiger partial charge in [-0.1, -0.05) is 37.1 Å². The van der Waals surface area contributed by atoms with E-state index in [1.165, 1.54) is 0 Å². The molecule has 116 valence electrons. The molecule has 0 bridgehead atoms. The van der Waals surface area contributed by atoms with Crippen LogP contribution in [0.4, 0.5) is 6.01 Å². The van der Waals surface area contributed by atoms with Crippen molar-refractivity contribution < 1.29 is 9.21 Å². The van der Waals surface area contributed by atoms with E-state index in [4.69, 9.17) is 4.42 Å². The van der Waals surface area contributed by atoms with Crippen LogP contribution in [0.2, 0.25) is 0 Å². The van der Waals surface area contributed by atoms with Gasteiger partial charge in [0, 0.05) is 37.7 Å². The zero-order valence-electron chi connectivity index (χ0n) is 12.9. The molecule has 2 heterocycles. The van der Waals surface area contributed by atoms with Gasteiger partial charge in [0.25, 0.3) is 0 Å². The molecule has 0 N–H and O–H groups in total. The van der Waals surface area contributed by atoms with Crippen molar-refractivity contribution in [3.63, 3.8) is 0 Å². The Balaban J connectivity index is 1.65. The largest absolute Gasteiger partial charge is 0.403 e. The van der Waals surface area contributed by atoms with Crippen LogP contribution in [0.3, 0.4) is 0 Å². The molecule has 1 saturated heterocycles. The highest BCUT2D eigenvalue weighted by molar-refractivity contribution is 5.78. The predicted octanol–water partition coefficient (Wildman–Crippen LogP) is 2.04. The third-order valence-corrected chi connectivity index (χ3v) is 3.79. The van der Waals surface area contributed by atoms with Gasteiger partial charge in [-0.15, -0.1) is 5.10 Å². The molecule has 1 aromatic carbocycles. The van der Waals surface area contributed by atoms with Gasteiger partial charge in [-0.3, -0.25) is 4.79 Å². The summed E-state index contributed by atoms with van der Waals surface area (Å²) < 4.78 is 5.75. The standard InChI is InChI=1S/C16H20N4O2/c1-12(2)15(21)19-8-10-20(11-9-19)16-18-17-14(22-16)13-6-4-3-5-7-13/h3-7,12H,8-11H2,1-2H3. The normalized spacial score (nSPS) is 15.4. The molecular formula is C16H20N4O2. The van der Waals surface area contributed by atoms with Crippen molar-refractivity contribution in [1.29, 1.82) is 0 Å². The summed E-state index contributed by atoms with van der Waals surface area (Å²) >= 11 is 0. The minimum atomic E-state index is 0.0413. The second-order valence-electron chi connectivity index (χ2n) is 5.72. The summed E-state index contributed by atoms with van der Waals surface area (Å²) in [7, 11) is 0. The molecule has 0 spiro atoms. The average Bonchev–Trinajstić information content (AvgIpc) is 3.05. The first kappa shape index (κ1) is 14.6. The number of benzene rings is 1. The molecule has 1 aliphatic rings. The summed E-state index contributed by atoms with van der Waals surface area (Å²) in [5, 5.41) is 8.23. The van der Waals surface area contributed by atoms with Crippen molar-refractivity contribution >= 4 is 11.9 Å². The Morgan fingerprint density at radius 3 is 2.41 bits per heavy atom. The Bertz CT molecular complexity index is 631. The van der Waals surface area contributed by atoms with Crippen molar-refractivity contribution in [3.8, 4) is 11.5 Å². The van der Waals surface area contributed by atoms with Crippen LogP contribution in [-0.2, 0) is 4.79 Å². The third kappa shape index (κ3) is 2.95. The molecule has 1 aliphatic heterocycles. The van der Waals surface area contributed by atoms with Crippen LogP contribution in [0, 0.1) is 5.92 Å². The summed E-state index contributed by atoms with van der Waals surface area (Å²) in [5.41, 5.74) is 0.912. The van der Waals surface area contributed by atoms with E-state index in [-0.39, 0.29) is 11.8 Å². The van der Waals surface area contributed by atoms with Gasteiger partial charge in [0.15, 0.2) is 0 Å². The third-order valence-electron chi connectivity index (χ3n) is 3.79. The minimum absolute atomic E-state index is 0.0413. The topological polar surface area (TPSA) is 62.5 Å². The predicted molar refractivity (Wildman–Crippen MR) is 83.4 cm³/mol. The van der Waals surface area contributed by atoms with Crippen LogP contribution >= 0.6 is 0 Å². The van der Waals surface area contributed by atoms with Crippen molar-refractivity contribution in [1.82, 2.24) is 15.1 Å². The molecule has 1 aromatic heterocycles. The van der Waals surface area contributed by atoms with Gasteiger partial charge in [-0.05, 0) is 12.1 Å². The SMILES string of the molecule is CC(C)C(=O)N1CCN(c2nnc(-c3ccccc3)o2)CC1. The van der Waals surface area contributed by atoms with Crippen LogP contribution in [0.1, 0.15) is 13.8 Å². The van der Waals surface area contributed by atoms with E-state index in [0.717, 1.165) is 18.7 Å². The maximum absolute atomic E-state index is 12.0. The van der Waals surface area contributed by atoms with Gasteiger partial charge in [-0.2, -0.15) is 0 Å². The molecule has 0 radical (unpaired) electrons. The number of amides is 1. The average molecular weight is 300 g/mol. The summed E-state index contributed by atoms with van der Waals surface area (Å²) in [6.07, 6.45) is 0. The van der Waals surface area contributed by atoms with E-state index in [0.29, 0.717) is 25.0 Å². The van der Waals surface area contributed by atoms with E-state index in [1.807, 2.05) is 54.0 Å². The molecule has 0 unspecified atom stereocenters. The fourth-order valence-corrected chi connectivity index (χ4v) is 2.52. The van der Waals surface area contributed by atoms with Gasteiger partial charge in [0.2, 0.25) is 11.8 Å². The number of rotatable bonds is 3. The van der Waals surface area contributed by atoms with Gasteiger partial charge >= 0.3 is 6.01 Å². The molecule has 6 heteroatoms. The number of hydrogen-bond acceptors (Lipinski definition) is 5. The lowest BCUT2D eigenvalue weighted by atomic mass is 10.1. The molecule has 3 rings (SSSR count). The first-order chi connectivity index (χ1) is 10.6. The fraction of sp³-hybridized carbons (Fsp3) is 0.438. The zero-order chi connectivity index (χ0) is 15.5. The molecule has 1 fully saturated rings. The lowest BCUT2D eigenvalue weighted by Gasteiger charge is -2.34. The Morgan fingerprint density at radius 2 is 1.77 bits per heavy atom. The molecule has 2 aromatic rings. The van der Waals surface area contributed by atoms with Crippen LogP contribution < -0.4 is 4.90 Å². The van der Waals surface area contributed by atoms with Crippen molar-refractivity contribution in [2.75, 3.05) is 31.1 Å². The number of carbonyl (C=O) groups excluding carboxylic acids is 1. The van der Waals surface area contributed by atoms with Crippen LogP contribution in [0.15, 0.2) is 34.7 Å². The molecule has 22 heavy (non-hydrogen) atoms. The second kappa shape index (κ2) is 6.17. The van der Waals surface area contributed by atoms with E-state index < -0.39 is 0 Å². The van der Waals surface area contributed by atoms with Gasteiger partial charge in [0.1, 0.15) is 0 Å². The van der Waals surface area contributed by atoms with Gasteiger partial charge in [0.05, 0.1) is 0 Å². The lowest BCUT2D eigenvalue weighted by molar-refractivity contribution is -0.134. The highest BCUT2D eigenvalue weighted by atomic mass is 16.4. The van der Waals surface area contributed by atoms with Crippen LogP contribution in [0.5, 0.6) is 0 Å². The minimum Gasteiger partial charge on any atom is -0.403 e. The first-order valence-electron chi connectivity index (χ1n) is 7.58. The zero-order valence-corrected chi connectivity index (χ0v) is 12.9. The van der Waals surface area contributed by atoms with E-state index in [2.05, 4.69) is 10.2 Å². The second-order valence-corrected chi connectivity index (χ2v) is 5.72. The highest BCUT2D eigenvalue weighted by Gasteiger charge is 2.25. The van der Waals surface area contributed by atoms with Crippen molar-refractivity contribution in [2.45, 2.75) is 13.8 Å². The molecule has 1 amide bonds. The fourth-order valence-electron chi connectivity index (χ4n) is 2.52. The highest BCUT2D eigenvalue weighted by Crippen LogP contribution is 2.22. The Kier molecular flexibility index (Phi) is 4.09. The smallest absolute Gasteiger partial charge is 0.318 e. The van der Waals surface area contributed by atoms with E-state index >= 15 is 0 Å². The number of aromatic nitrogens is 2. The monoisotopic (exact) mass is 300 g/mol. The Hall–Kier alpha value is -2.37. The summed E-state index contributed by atoms with van der Waals surface area (Å²) in [6, 6.07) is 10.2. The lowest BCUT2D eigenvalue weighted by Crippen LogP contribution is -2.50. The number of nitrogens with zero attached hydrogens (tertiary/aromatic N) is 4. The van der Waals surface area contributed by atoms with Crippen LogP contribution in [0.25, 0.3) is 11.5 Å². The van der Waals surface area contributed by atoms with Gasteiger partial charge in [-0.25, -0.2) is 0 Å². The maximum atomic E-state index is 12.0. The Labute approximate surface area is 129 Å². The van der Waals surface area contributed by atoms with E-state index in [1.54, 1.807) is 0 Å². The van der Waals surface area contributed by atoms with E-state index in [9.17, 15) is 4.79 Å². The maximum Gasteiger partial charge on any atom is 0.318 e. The molecule has 0 aliphatic carbocycles. The first-order valence-corrected chi connectivity index (χ1v) is 7.58. The number of carbonyl (C=O) groups is 1. The van der Waals surface area contributed by atoms with Crippen LogP contribution in [-0.4, -0.2) is 47.2 Å². The summed E-state index contributed by atoms with van der Waals surface area (Å²) in [4.78, 5) is 15.9. The number of anilines is 1. The quantitative estimate of drug-likeness (QED) is 0.868. The van der Waals surface area contributed by atoms with Crippen molar-refractivity contribution in [2.24, 2.45) is 5.92 Å². The number of hydrogen-bond donors (Lipinski definition) is 0. The molecule has 0 atom stereocenters. The molecule has 6 nitrogen and oxygen atoms in total. The van der Waals surface area contributed by atoms with Crippen molar-refractivity contribution in [3.05, 3.63) is 30.3 Å². The summed E-state index contributed by atoms with van der Waals surface area (Å²) in [6.45, 7) is 6.68. The molecular weight excluding hydrogens is 280 g/mol. The summed E-state index contributed by atoms with van der Waals surface area (Å²) in [5.74, 6) is 0.770. The molecule has 0 saturated carbocycles.